The van der Waals surface area contributed by atoms with Gasteiger partial charge in [0.1, 0.15) is 0 Å². The van der Waals surface area contributed by atoms with Crippen LogP contribution in [0.3, 0.4) is 0 Å². The summed E-state index contributed by atoms with van der Waals surface area (Å²) in [6, 6.07) is 9.10. The Morgan fingerprint density at radius 3 is 2.25 bits per heavy atom. The summed E-state index contributed by atoms with van der Waals surface area (Å²) in [7, 11) is 0. The first-order valence-corrected chi connectivity index (χ1v) is 7.92. The first-order chi connectivity index (χ1) is 11.1. The van der Waals surface area contributed by atoms with Crippen molar-refractivity contribution in [1.82, 2.24) is 4.90 Å². The van der Waals surface area contributed by atoms with Crippen LogP contribution in [0.5, 0.6) is 0 Å². The van der Waals surface area contributed by atoms with E-state index in [4.69, 9.17) is 9.84 Å². The topological polar surface area (TPSA) is 83.9 Å². The standard InChI is InChI=1S/C18H25NO5/c1-13(2)24-17(23)19(12-14-8-6-5-7-9-14)15(20)10-11-18(3,4)16(21)22/h5-9,13H,10-12H2,1-4H3,(H,21,22). The molecule has 0 aliphatic carbocycles. The highest BCUT2D eigenvalue weighted by Gasteiger charge is 2.30. The fourth-order valence-corrected chi connectivity index (χ4v) is 1.95. The molecule has 0 heterocycles. The number of hydrogen-bond acceptors (Lipinski definition) is 4. The highest BCUT2D eigenvalue weighted by Crippen LogP contribution is 2.23. The number of aliphatic carboxylic acids is 1. The SMILES string of the molecule is CC(C)OC(=O)N(Cc1ccccc1)C(=O)CCC(C)(C)C(=O)O. The van der Waals surface area contributed by atoms with Gasteiger partial charge in [-0.2, -0.15) is 0 Å². The van der Waals surface area contributed by atoms with E-state index < -0.39 is 23.4 Å². The van der Waals surface area contributed by atoms with Crippen molar-refractivity contribution in [1.29, 1.82) is 0 Å². The van der Waals surface area contributed by atoms with E-state index in [-0.39, 0.29) is 25.5 Å². The van der Waals surface area contributed by atoms with Crippen molar-refractivity contribution in [2.45, 2.75) is 53.2 Å². The first kappa shape index (κ1) is 19.7. The van der Waals surface area contributed by atoms with Gasteiger partial charge in [0.2, 0.25) is 5.91 Å². The highest BCUT2D eigenvalue weighted by molar-refractivity contribution is 5.92. The van der Waals surface area contributed by atoms with E-state index in [0.29, 0.717) is 0 Å². The lowest BCUT2D eigenvalue weighted by atomic mass is 9.88. The summed E-state index contributed by atoms with van der Waals surface area (Å²) in [5, 5.41) is 9.14. The van der Waals surface area contributed by atoms with Crippen molar-refractivity contribution in [3.63, 3.8) is 0 Å². The van der Waals surface area contributed by atoms with Crippen LogP contribution in [0.15, 0.2) is 30.3 Å². The maximum atomic E-state index is 12.5. The monoisotopic (exact) mass is 335 g/mol. The molecule has 0 unspecified atom stereocenters. The molecular weight excluding hydrogens is 310 g/mol. The molecule has 0 saturated heterocycles. The van der Waals surface area contributed by atoms with Crippen molar-refractivity contribution in [3.8, 4) is 0 Å². The molecule has 0 atom stereocenters. The lowest BCUT2D eigenvalue weighted by Gasteiger charge is -2.24. The number of carbonyl (C=O) groups is 3. The number of nitrogens with zero attached hydrogens (tertiary/aromatic N) is 1. The number of rotatable bonds is 7. The van der Waals surface area contributed by atoms with Crippen LogP contribution in [-0.2, 0) is 20.9 Å². The van der Waals surface area contributed by atoms with Crippen molar-refractivity contribution in [2.24, 2.45) is 5.41 Å². The van der Waals surface area contributed by atoms with Crippen LogP contribution >= 0.6 is 0 Å². The maximum Gasteiger partial charge on any atom is 0.417 e. The quantitative estimate of drug-likeness (QED) is 0.825. The molecule has 1 aromatic rings. The summed E-state index contributed by atoms with van der Waals surface area (Å²) < 4.78 is 5.13. The number of hydrogen-bond donors (Lipinski definition) is 1. The van der Waals surface area contributed by atoms with Crippen molar-refractivity contribution in [2.75, 3.05) is 0 Å². The second-order valence-electron chi connectivity index (χ2n) is 6.59. The normalized spacial score (nSPS) is 11.2. The molecule has 0 fully saturated rings. The third-order valence-electron chi connectivity index (χ3n) is 3.58. The molecule has 132 valence electrons. The van der Waals surface area contributed by atoms with Gasteiger partial charge < -0.3 is 9.84 Å². The number of carboxylic acids is 1. The molecule has 6 heteroatoms. The number of imide groups is 1. The Kier molecular flexibility index (Phi) is 6.95. The zero-order valence-electron chi connectivity index (χ0n) is 14.6. The zero-order valence-corrected chi connectivity index (χ0v) is 14.6. The van der Waals surface area contributed by atoms with Gasteiger partial charge in [0.15, 0.2) is 0 Å². The summed E-state index contributed by atoms with van der Waals surface area (Å²) in [4.78, 5) is 36.9. The Bertz CT molecular complexity index is 580. The van der Waals surface area contributed by atoms with E-state index in [1.807, 2.05) is 30.3 Å². The summed E-state index contributed by atoms with van der Waals surface area (Å²) in [6.45, 7) is 6.61. The summed E-state index contributed by atoms with van der Waals surface area (Å²) in [5.74, 6) is -1.42. The predicted molar refractivity (Wildman–Crippen MR) is 89.3 cm³/mol. The van der Waals surface area contributed by atoms with Crippen LogP contribution in [0.25, 0.3) is 0 Å². The van der Waals surface area contributed by atoms with Gasteiger partial charge in [0.05, 0.1) is 18.1 Å². The molecule has 0 aliphatic heterocycles. The van der Waals surface area contributed by atoms with Gasteiger partial charge in [0, 0.05) is 6.42 Å². The number of benzene rings is 1. The van der Waals surface area contributed by atoms with E-state index in [9.17, 15) is 14.4 Å². The van der Waals surface area contributed by atoms with Gasteiger partial charge >= 0.3 is 12.1 Å². The highest BCUT2D eigenvalue weighted by atomic mass is 16.6. The number of ether oxygens (including phenoxy) is 1. The second kappa shape index (κ2) is 8.47. The third-order valence-corrected chi connectivity index (χ3v) is 3.58. The summed E-state index contributed by atoms with van der Waals surface area (Å²) in [6.07, 6.45) is -0.966. The molecule has 6 nitrogen and oxygen atoms in total. The molecule has 0 bridgehead atoms. The average Bonchev–Trinajstić information content (AvgIpc) is 2.50. The van der Waals surface area contributed by atoms with Crippen LogP contribution in [0.1, 0.15) is 46.1 Å². The van der Waals surface area contributed by atoms with Crippen LogP contribution in [0, 0.1) is 5.41 Å². The van der Waals surface area contributed by atoms with Crippen LogP contribution in [0.2, 0.25) is 0 Å². The number of carboxylic acid groups (broad SMARTS) is 1. The van der Waals surface area contributed by atoms with Crippen LogP contribution < -0.4 is 0 Å². The van der Waals surface area contributed by atoms with Crippen LogP contribution in [-0.4, -0.2) is 34.1 Å². The lowest BCUT2D eigenvalue weighted by Crippen LogP contribution is -2.38. The van der Waals surface area contributed by atoms with Crippen molar-refractivity contribution in [3.05, 3.63) is 35.9 Å². The minimum atomic E-state index is -1.03. The Hall–Kier alpha value is -2.37. The van der Waals surface area contributed by atoms with Gasteiger partial charge in [-0.3, -0.25) is 9.59 Å². The Morgan fingerprint density at radius 2 is 1.75 bits per heavy atom. The van der Waals surface area contributed by atoms with E-state index in [0.717, 1.165) is 10.5 Å². The maximum absolute atomic E-state index is 12.5. The molecule has 0 aliphatic rings. The molecule has 1 rings (SSSR count). The molecule has 1 aromatic carbocycles. The molecule has 0 saturated carbocycles. The van der Waals surface area contributed by atoms with Crippen molar-refractivity contribution < 1.29 is 24.2 Å². The smallest absolute Gasteiger partial charge is 0.417 e. The summed E-state index contributed by atoms with van der Waals surface area (Å²) >= 11 is 0. The molecular formula is C18H25NO5. The first-order valence-electron chi connectivity index (χ1n) is 7.92. The molecule has 0 radical (unpaired) electrons. The lowest BCUT2D eigenvalue weighted by molar-refractivity contribution is -0.147. The number of amides is 2. The molecule has 24 heavy (non-hydrogen) atoms. The minimum absolute atomic E-state index is 0.0423. The molecule has 0 spiro atoms. The Morgan fingerprint density at radius 1 is 1.17 bits per heavy atom. The average molecular weight is 335 g/mol. The van der Waals surface area contributed by atoms with E-state index >= 15 is 0 Å². The Labute approximate surface area is 142 Å². The van der Waals surface area contributed by atoms with E-state index in [1.165, 1.54) is 0 Å². The number of carbonyl (C=O) groups excluding carboxylic acids is 2. The zero-order chi connectivity index (χ0) is 18.3. The predicted octanol–water partition coefficient (Wildman–Crippen LogP) is 3.45. The largest absolute Gasteiger partial charge is 0.481 e. The van der Waals surface area contributed by atoms with Crippen molar-refractivity contribution >= 4 is 18.0 Å². The van der Waals surface area contributed by atoms with E-state index in [2.05, 4.69) is 0 Å². The minimum Gasteiger partial charge on any atom is -0.481 e. The molecule has 0 aromatic heterocycles. The van der Waals surface area contributed by atoms with Crippen LogP contribution in [0.4, 0.5) is 4.79 Å². The van der Waals surface area contributed by atoms with Gasteiger partial charge in [-0.05, 0) is 39.7 Å². The van der Waals surface area contributed by atoms with Gasteiger partial charge in [-0.15, -0.1) is 0 Å². The van der Waals surface area contributed by atoms with Gasteiger partial charge in [0.25, 0.3) is 0 Å². The molecule has 1 N–H and O–H groups in total. The van der Waals surface area contributed by atoms with Gasteiger partial charge in [-0.25, -0.2) is 9.69 Å². The fourth-order valence-electron chi connectivity index (χ4n) is 1.95. The summed E-state index contributed by atoms with van der Waals surface area (Å²) in [5.41, 5.74) is -0.236. The van der Waals surface area contributed by atoms with Gasteiger partial charge in [-0.1, -0.05) is 30.3 Å². The molecule has 2 amide bonds. The fraction of sp³-hybridized carbons (Fsp3) is 0.500. The third kappa shape index (κ3) is 6.02. The Balaban J connectivity index is 2.85. The second-order valence-corrected chi connectivity index (χ2v) is 6.59. The van der Waals surface area contributed by atoms with E-state index in [1.54, 1.807) is 27.7 Å².